The van der Waals surface area contributed by atoms with E-state index in [0.29, 0.717) is 17.0 Å². The van der Waals surface area contributed by atoms with E-state index in [2.05, 4.69) is 4.98 Å². The number of aryl methyl sites for hydroxylation is 1. The van der Waals surface area contributed by atoms with Gasteiger partial charge in [0.1, 0.15) is 5.52 Å². The van der Waals surface area contributed by atoms with Crippen LogP contribution in [0.4, 0.5) is 13.2 Å². The van der Waals surface area contributed by atoms with Crippen LogP contribution < -0.4 is 0 Å². The van der Waals surface area contributed by atoms with Crippen LogP contribution in [-0.2, 0) is 12.1 Å². The number of benzene rings is 3. The number of rotatable bonds is 4. The standard InChI is InChI=1S/C25H19ClF3NO/c1-15-18(7-8-20-12-17(14-26)6-10-22(20)25(27,28)29)4-3-5-21(15)19-9-11-23-24(13-19)31-16(2)30-23/h3-13H,14H2,1-2H3/b8-7+. The van der Waals surface area contributed by atoms with Crippen molar-refractivity contribution in [3.63, 3.8) is 0 Å². The third-order valence-electron chi connectivity index (χ3n) is 5.20. The van der Waals surface area contributed by atoms with Gasteiger partial charge < -0.3 is 4.42 Å². The van der Waals surface area contributed by atoms with Gasteiger partial charge in [-0.25, -0.2) is 4.98 Å². The number of hydrogen-bond acceptors (Lipinski definition) is 2. The maximum Gasteiger partial charge on any atom is 0.416 e. The normalized spacial score (nSPS) is 12.2. The molecule has 0 spiro atoms. The van der Waals surface area contributed by atoms with E-state index >= 15 is 0 Å². The second-order valence-electron chi connectivity index (χ2n) is 7.32. The summed E-state index contributed by atoms with van der Waals surface area (Å²) in [4.78, 5) is 4.31. The zero-order chi connectivity index (χ0) is 22.2. The number of alkyl halides is 4. The van der Waals surface area contributed by atoms with Gasteiger partial charge in [0.2, 0.25) is 0 Å². The van der Waals surface area contributed by atoms with Crippen LogP contribution in [0.5, 0.6) is 0 Å². The van der Waals surface area contributed by atoms with Crippen LogP contribution in [0.25, 0.3) is 34.4 Å². The van der Waals surface area contributed by atoms with E-state index in [4.69, 9.17) is 16.0 Å². The Morgan fingerprint density at radius 1 is 0.968 bits per heavy atom. The van der Waals surface area contributed by atoms with Gasteiger partial charge in [0, 0.05) is 12.8 Å². The Morgan fingerprint density at radius 3 is 2.48 bits per heavy atom. The maximum atomic E-state index is 13.4. The van der Waals surface area contributed by atoms with Crippen LogP contribution in [0.2, 0.25) is 0 Å². The van der Waals surface area contributed by atoms with Gasteiger partial charge in [0.05, 0.1) is 5.56 Å². The van der Waals surface area contributed by atoms with Crippen LogP contribution in [-0.4, -0.2) is 4.98 Å². The first-order chi connectivity index (χ1) is 14.8. The van der Waals surface area contributed by atoms with E-state index < -0.39 is 11.7 Å². The van der Waals surface area contributed by atoms with Crippen molar-refractivity contribution in [2.24, 2.45) is 0 Å². The lowest BCUT2D eigenvalue weighted by Crippen LogP contribution is -2.07. The Bertz CT molecular complexity index is 1290. The fourth-order valence-corrected chi connectivity index (χ4v) is 3.79. The number of hydrogen-bond donors (Lipinski definition) is 0. The maximum absolute atomic E-state index is 13.4. The molecule has 1 aromatic heterocycles. The van der Waals surface area contributed by atoms with E-state index in [0.717, 1.165) is 33.8 Å². The van der Waals surface area contributed by atoms with Crippen LogP contribution in [0.1, 0.15) is 33.7 Å². The molecule has 31 heavy (non-hydrogen) atoms. The van der Waals surface area contributed by atoms with Crippen molar-refractivity contribution >= 4 is 34.9 Å². The smallest absolute Gasteiger partial charge is 0.416 e. The van der Waals surface area contributed by atoms with E-state index in [1.807, 2.05) is 43.3 Å². The summed E-state index contributed by atoms with van der Waals surface area (Å²) < 4.78 is 45.9. The molecule has 4 aromatic rings. The molecule has 0 amide bonds. The topological polar surface area (TPSA) is 26.0 Å². The van der Waals surface area contributed by atoms with Gasteiger partial charge in [-0.05, 0) is 64.6 Å². The Balaban J connectivity index is 1.74. The van der Waals surface area contributed by atoms with Gasteiger partial charge in [0.15, 0.2) is 11.5 Å². The molecule has 0 aliphatic carbocycles. The number of nitrogens with zero attached hydrogens (tertiary/aromatic N) is 1. The summed E-state index contributed by atoms with van der Waals surface area (Å²) in [6.45, 7) is 3.75. The second kappa shape index (κ2) is 8.23. The summed E-state index contributed by atoms with van der Waals surface area (Å²) in [7, 11) is 0. The summed E-state index contributed by atoms with van der Waals surface area (Å²) in [5, 5.41) is 0. The molecule has 4 rings (SSSR count). The molecule has 0 radical (unpaired) electrons. The average molecular weight is 442 g/mol. The minimum absolute atomic E-state index is 0.0917. The monoisotopic (exact) mass is 441 g/mol. The molecule has 2 nitrogen and oxygen atoms in total. The van der Waals surface area contributed by atoms with E-state index in [-0.39, 0.29) is 11.4 Å². The van der Waals surface area contributed by atoms with E-state index in [9.17, 15) is 13.2 Å². The van der Waals surface area contributed by atoms with Gasteiger partial charge in [-0.15, -0.1) is 11.6 Å². The molecule has 0 fully saturated rings. The third kappa shape index (κ3) is 4.37. The minimum atomic E-state index is -4.44. The summed E-state index contributed by atoms with van der Waals surface area (Å²) >= 11 is 5.82. The van der Waals surface area contributed by atoms with Crippen LogP contribution in [0, 0.1) is 13.8 Å². The predicted molar refractivity (Wildman–Crippen MR) is 119 cm³/mol. The van der Waals surface area contributed by atoms with Crippen molar-refractivity contribution in [3.05, 3.63) is 88.3 Å². The number of aromatic nitrogens is 1. The van der Waals surface area contributed by atoms with Gasteiger partial charge in [-0.3, -0.25) is 0 Å². The average Bonchev–Trinajstić information content (AvgIpc) is 3.11. The molecule has 0 aliphatic heterocycles. The zero-order valence-electron chi connectivity index (χ0n) is 16.9. The van der Waals surface area contributed by atoms with Gasteiger partial charge in [-0.1, -0.05) is 42.5 Å². The van der Waals surface area contributed by atoms with Crippen LogP contribution in [0.15, 0.2) is 59.0 Å². The Hall–Kier alpha value is -3.05. The van der Waals surface area contributed by atoms with Crippen molar-refractivity contribution in [1.29, 1.82) is 0 Å². The lowest BCUT2D eigenvalue weighted by Gasteiger charge is -2.12. The van der Waals surface area contributed by atoms with E-state index in [1.54, 1.807) is 13.0 Å². The van der Waals surface area contributed by atoms with Crippen molar-refractivity contribution in [1.82, 2.24) is 4.98 Å². The van der Waals surface area contributed by atoms with Crippen molar-refractivity contribution in [2.75, 3.05) is 0 Å². The molecule has 0 atom stereocenters. The summed E-state index contributed by atoms with van der Waals surface area (Å²) in [6, 6.07) is 15.5. The molecular formula is C25H19ClF3NO. The Kier molecular flexibility index (Phi) is 5.63. The van der Waals surface area contributed by atoms with E-state index in [1.165, 1.54) is 18.2 Å². The molecule has 0 N–H and O–H groups in total. The first-order valence-electron chi connectivity index (χ1n) is 9.67. The highest BCUT2D eigenvalue weighted by Gasteiger charge is 2.32. The summed E-state index contributed by atoms with van der Waals surface area (Å²) in [5.74, 6) is 0.747. The molecule has 0 saturated heterocycles. The quantitative estimate of drug-likeness (QED) is 0.236. The molecule has 0 aliphatic rings. The third-order valence-corrected chi connectivity index (χ3v) is 5.51. The molecular weight excluding hydrogens is 423 g/mol. The van der Waals surface area contributed by atoms with Crippen molar-refractivity contribution in [2.45, 2.75) is 25.9 Å². The fourth-order valence-electron chi connectivity index (χ4n) is 3.63. The molecule has 0 saturated carbocycles. The minimum Gasteiger partial charge on any atom is -0.441 e. The molecule has 1 heterocycles. The van der Waals surface area contributed by atoms with Gasteiger partial charge >= 0.3 is 6.18 Å². The van der Waals surface area contributed by atoms with Crippen LogP contribution >= 0.6 is 11.6 Å². The highest BCUT2D eigenvalue weighted by atomic mass is 35.5. The van der Waals surface area contributed by atoms with Gasteiger partial charge in [0.25, 0.3) is 0 Å². The lowest BCUT2D eigenvalue weighted by molar-refractivity contribution is -0.137. The fraction of sp³-hybridized carbons (Fsp3) is 0.160. The lowest BCUT2D eigenvalue weighted by atomic mass is 9.95. The number of fused-ring (bicyclic) bond motifs is 1. The largest absolute Gasteiger partial charge is 0.441 e. The van der Waals surface area contributed by atoms with Gasteiger partial charge in [-0.2, -0.15) is 13.2 Å². The Labute approximate surface area is 183 Å². The first-order valence-corrected chi connectivity index (χ1v) is 10.2. The predicted octanol–water partition coefficient (Wildman–Crippen LogP) is 8.04. The zero-order valence-corrected chi connectivity index (χ0v) is 17.7. The molecule has 6 heteroatoms. The summed E-state index contributed by atoms with van der Waals surface area (Å²) in [6.07, 6.45) is -1.24. The van der Waals surface area contributed by atoms with Crippen LogP contribution in [0.3, 0.4) is 0 Å². The highest BCUT2D eigenvalue weighted by Crippen LogP contribution is 2.34. The Morgan fingerprint density at radius 2 is 1.74 bits per heavy atom. The highest BCUT2D eigenvalue weighted by molar-refractivity contribution is 6.17. The SMILES string of the molecule is Cc1nc2ccc(-c3cccc(/C=C/c4cc(CCl)ccc4C(F)(F)F)c3C)cc2o1. The van der Waals surface area contributed by atoms with Crippen molar-refractivity contribution in [3.8, 4) is 11.1 Å². The number of oxazole rings is 1. The summed E-state index contributed by atoms with van der Waals surface area (Å²) in [5.41, 5.74) is 5.24. The molecule has 158 valence electrons. The number of halogens is 4. The first kappa shape index (κ1) is 21.2. The van der Waals surface area contributed by atoms with Crippen molar-refractivity contribution < 1.29 is 17.6 Å². The molecule has 3 aromatic carbocycles. The molecule has 0 unspecified atom stereocenters. The molecule has 0 bridgehead atoms. The second-order valence-corrected chi connectivity index (χ2v) is 7.59.